The monoisotopic (exact) mass is 189 g/mol. The first-order valence-electron chi connectivity index (χ1n) is 3.99. The highest BCUT2D eigenvalue weighted by atomic mass is 16.4. The van der Waals surface area contributed by atoms with Crippen molar-refractivity contribution in [2.45, 2.75) is 0 Å². The van der Waals surface area contributed by atoms with E-state index in [2.05, 4.69) is 4.98 Å². The van der Waals surface area contributed by atoms with E-state index in [-0.39, 0.29) is 5.56 Å². The summed E-state index contributed by atoms with van der Waals surface area (Å²) in [6, 6.07) is 5.01. The lowest BCUT2D eigenvalue weighted by molar-refractivity contribution is 0.0696. The second kappa shape index (κ2) is 3.33. The molecule has 0 spiro atoms. The summed E-state index contributed by atoms with van der Waals surface area (Å²) < 4.78 is 5.12. The Kier molecular flexibility index (Phi) is 2.02. The van der Waals surface area contributed by atoms with Crippen LogP contribution in [0.5, 0.6) is 0 Å². The van der Waals surface area contributed by atoms with Gasteiger partial charge in [-0.2, -0.15) is 0 Å². The molecule has 0 atom stereocenters. The van der Waals surface area contributed by atoms with Crippen LogP contribution in [0.3, 0.4) is 0 Å². The van der Waals surface area contributed by atoms with Gasteiger partial charge < -0.3 is 9.52 Å². The van der Waals surface area contributed by atoms with Crippen molar-refractivity contribution in [3.63, 3.8) is 0 Å². The second-order valence-electron chi connectivity index (χ2n) is 2.74. The number of hydrogen-bond acceptors (Lipinski definition) is 3. The molecule has 4 heteroatoms. The number of hydrogen-bond donors (Lipinski definition) is 1. The Bertz CT molecular complexity index is 448. The Morgan fingerprint density at radius 1 is 1.43 bits per heavy atom. The molecule has 0 saturated heterocycles. The zero-order chi connectivity index (χ0) is 9.97. The van der Waals surface area contributed by atoms with Gasteiger partial charge in [0.1, 0.15) is 5.76 Å². The Morgan fingerprint density at radius 2 is 2.29 bits per heavy atom. The van der Waals surface area contributed by atoms with Crippen molar-refractivity contribution < 1.29 is 14.3 Å². The van der Waals surface area contributed by atoms with Crippen LogP contribution < -0.4 is 0 Å². The molecule has 0 amide bonds. The van der Waals surface area contributed by atoms with Crippen molar-refractivity contribution in [3.05, 3.63) is 42.4 Å². The van der Waals surface area contributed by atoms with Crippen molar-refractivity contribution in [1.82, 2.24) is 4.98 Å². The smallest absolute Gasteiger partial charge is 0.337 e. The largest absolute Gasteiger partial charge is 0.478 e. The summed E-state index contributed by atoms with van der Waals surface area (Å²) in [7, 11) is 0. The fourth-order valence-electron chi connectivity index (χ4n) is 1.13. The van der Waals surface area contributed by atoms with E-state index in [1.54, 1.807) is 18.3 Å². The predicted octanol–water partition coefficient (Wildman–Crippen LogP) is 2.04. The molecule has 2 aromatic rings. The second-order valence-corrected chi connectivity index (χ2v) is 2.74. The van der Waals surface area contributed by atoms with Gasteiger partial charge in [0.05, 0.1) is 11.8 Å². The van der Waals surface area contributed by atoms with Gasteiger partial charge in [-0.15, -0.1) is 0 Å². The molecule has 14 heavy (non-hydrogen) atoms. The van der Waals surface area contributed by atoms with Crippen LogP contribution in [0.4, 0.5) is 0 Å². The van der Waals surface area contributed by atoms with Crippen molar-refractivity contribution >= 4 is 5.97 Å². The summed E-state index contributed by atoms with van der Waals surface area (Å²) in [5.74, 6) is -0.383. The molecule has 2 heterocycles. The number of carbonyl (C=O) groups is 1. The number of rotatable bonds is 2. The molecule has 0 fully saturated rings. The Morgan fingerprint density at radius 3 is 2.93 bits per heavy atom. The summed E-state index contributed by atoms with van der Waals surface area (Å²) in [6.45, 7) is 0. The first-order valence-corrected chi connectivity index (χ1v) is 3.99. The number of nitrogens with zero attached hydrogens (tertiary/aromatic N) is 1. The first-order chi connectivity index (χ1) is 6.77. The van der Waals surface area contributed by atoms with Gasteiger partial charge in [-0.05, 0) is 18.2 Å². The van der Waals surface area contributed by atoms with E-state index < -0.39 is 5.97 Å². The summed E-state index contributed by atoms with van der Waals surface area (Å²) >= 11 is 0. The van der Waals surface area contributed by atoms with Crippen molar-refractivity contribution in [2.75, 3.05) is 0 Å². The Hall–Kier alpha value is -2.10. The Labute approximate surface area is 79.8 Å². The van der Waals surface area contributed by atoms with Gasteiger partial charge in [-0.25, -0.2) is 4.79 Å². The van der Waals surface area contributed by atoms with Crippen LogP contribution >= 0.6 is 0 Å². The standard InChI is InChI=1S/C10H7NO3/c12-10(13)8-4-7(5-11-6-8)9-2-1-3-14-9/h1-6H,(H,12,13). The van der Waals surface area contributed by atoms with Crippen LogP contribution in [-0.2, 0) is 0 Å². The third kappa shape index (κ3) is 1.50. The molecule has 2 rings (SSSR count). The number of furan rings is 1. The van der Waals surface area contributed by atoms with E-state index in [4.69, 9.17) is 9.52 Å². The molecule has 0 saturated carbocycles. The van der Waals surface area contributed by atoms with Crippen molar-refractivity contribution in [1.29, 1.82) is 0 Å². The quantitative estimate of drug-likeness (QED) is 0.785. The zero-order valence-electron chi connectivity index (χ0n) is 7.18. The number of carboxylic acid groups (broad SMARTS) is 1. The highest BCUT2D eigenvalue weighted by molar-refractivity contribution is 5.88. The summed E-state index contributed by atoms with van der Waals surface area (Å²) in [6.07, 6.45) is 4.39. The van der Waals surface area contributed by atoms with Gasteiger partial charge in [0.15, 0.2) is 0 Å². The molecular formula is C10H7NO3. The van der Waals surface area contributed by atoms with Crippen LogP contribution in [-0.4, -0.2) is 16.1 Å². The molecule has 0 bridgehead atoms. The van der Waals surface area contributed by atoms with Crippen LogP contribution in [0.1, 0.15) is 10.4 Å². The minimum absolute atomic E-state index is 0.152. The third-order valence-corrected chi connectivity index (χ3v) is 1.79. The number of aromatic carboxylic acids is 1. The van der Waals surface area contributed by atoms with E-state index >= 15 is 0 Å². The molecule has 2 aromatic heterocycles. The maximum absolute atomic E-state index is 10.7. The lowest BCUT2D eigenvalue weighted by Gasteiger charge is -1.97. The highest BCUT2D eigenvalue weighted by Gasteiger charge is 2.06. The SMILES string of the molecule is O=C(O)c1cncc(-c2ccco2)c1. The van der Waals surface area contributed by atoms with E-state index in [1.807, 2.05) is 0 Å². The molecule has 0 aliphatic carbocycles. The van der Waals surface area contributed by atoms with Crippen molar-refractivity contribution in [2.24, 2.45) is 0 Å². The molecular weight excluding hydrogens is 182 g/mol. The van der Waals surface area contributed by atoms with Crippen LogP contribution in [0, 0.1) is 0 Å². The van der Waals surface area contributed by atoms with E-state index in [0.717, 1.165) is 0 Å². The minimum Gasteiger partial charge on any atom is -0.478 e. The third-order valence-electron chi connectivity index (χ3n) is 1.79. The Balaban J connectivity index is 2.46. The fraction of sp³-hybridized carbons (Fsp3) is 0. The topological polar surface area (TPSA) is 63.3 Å². The van der Waals surface area contributed by atoms with Gasteiger partial charge in [0.2, 0.25) is 0 Å². The van der Waals surface area contributed by atoms with Crippen LogP contribution in [0.2, 0.25) is 0 Å². The van der Waals surface area contributed by atoms with E-state index in [0.29, 0.717) is 11.3 Å². The number of pyridine rings is 1. The highest BCUT2D eigenvalue weighted by Crippen LogP contribution is 2.19. The van der Waals surface area contributed by atoms with Crippen LogP contribution in [0.15, 0.2) is 41.3 Å². The van der Waals surface area contributed by atoms with Gasteiger partial charge in [0.25, 0.3) is 0 Å². The molecule has 70 valence electrons. The lowest BCUT2D eigenvalue weighted by Crippen LogP contribution is -1.96. The lowest BCUT2D eigenvalue weighted by atomic mass is 10.2. The average Bonchev–Trinajstić information content (AvgIpc) is 2.71. The maximum atomic E-state index is 10.7. The molecule has 0 aliphatic heterocycles. The predicted molar refractivity (Wildman–Crippen MR) is 48.9 cm³/mol. The van der Waals surface area contributed by atoms with E-state index in [9.17, 15) is 4.79 Å². The molecule has 0 aliphatic rings. The summed E-state index contributed by atoms with van der Waals surface area (Å²) in [5, 5.41) is 8.74. The summed E-state index contributed by atoms with van der Waals surface area (Å²) in [4.78, 5) is 14.5. The average molecular weight is 189 g/mol. The molecule has 0 unspecified atom stereocenters. The van der Waals surface area contributed by atoms with Gasteiger partial charge in [0, 0.05) is 18.0 Å². The van der Waals surface area contributed by atoms with Gasteiger partial charge >= 0.3 is 5.97 Å². The first kappa shape index (κ1) is 8.50. The minimum atomic E-state index is -0.995. The molecule has 0 radical (unpaired) electrons. The number of carboxylic acids is 1. The van der Waals surface area contributed by atoms with Crippen molar-refractivity contribution in [3.8, 4) is 11.3 Å². The summed E-state index contributed by atoms with van der Waals surface area (Å²) in [5.41, 5.74) is 0.814. The molecule has 0 aromatic carbocycles. The molecule has 4 nitrogen and oxygen atoms in total. The molecule has 1 N–H and O–H groups in total. The van der Waals surface area contributed by atoms with Crippen LogP contribution in [0.25, 0.3) is 11.3 Å². The van der Waals surface area contributed by atoms with Gasteiger partial charge in [-0.3, -0.25) is 4.98 Å². The van der Waals surface area contributed by atoms with Gasteiger partial charge in [-0.1, -0.05) is 0 Å². The van der Waals surface area contributed by atoms with E-state index in [1.165, 1.54) is 18.5 Å². The maximum Gasteiger partial charge on any atom is 0.337 e. The zero-order valence-corrected chi connectivity index (χ0v) is 7.18. The fourth-order valence-corrected chi connectivity index (χ4v) is 1.13. The normalized spacial score (nSPS) is 10.0. The number of aromatic nitrogens is 1.